The molecular weight excluding hydrogens is 222 g/mol. The first-order chi connectivity index (χ1) is 7.89. The molecule has 1 fully saturated rings. The molecule has 1 saturated heterocycles. The topological polar surface area (TPSA) is 66.8 Å². The molecule has 1 aliphatic rings. The van der Waals surface area contributed by atoms with Gasteiger partial charge in [-0.3, -0.25) is 4.79 Å². The summed E-state index contributed by atoms with van der Waals surface area (Å²) in [5, 5.41) is 9.19. The van der Waals surface area contributed by atoms with Crippen LogP contribution >= 0.6 is 0 Å². The predicted molar refractivity (Wildman–Crippen MR) is 62.7 cm³/mol. The summed E-state index contributed by atoms with van der Waals surface area (Å²) >= 11 is 0. The molecule has 1 N–H and O–H groups in total. The predicted octanol–water partition coefficient (Wildman–Crippen LogP) is 1.97. The van der Waals surface area contributed by atoms with E-state index in [2.05, 4.69) is 0 Å². The highest BCUT2D eigenvalue weighted by Gasteiger charge is 2.40. The molecule has 0 bridgehead atoms. The third kappa shape index (κ3) is 3.11. The van der Waals surface area contributed by atoms with E-state index in [1.165, 1.54) is 0 Å². The number of ether oxygens (including phenoxy) is 1. The van der Waals surface area contributed by atoms with E-state index in [9.17, 15) is 14.7 Å². The Kier molecular flexibility index (Phi) is 4.37. The first-order valence-electron chi connectivity index (χ1n) is 6.04. The summed E-state index contributed by atoms with van der Waals surface area (Å²) < 4.78 is 4.94. The van der Waals surface area contributed by atoms with Gasteiger partial charge in [-0.15, -0.1) is 0 Å². The van der Waals surface area contributed by atoms with Crippen molar-refractivity contribution in [2.75, 3.05) is 19.7 Å². The van der Waals surface area contributed by atoms with Crippen molar-refractivity contribution in [2.24, 2.45) is 11.3 Å². The number of carbonyl (C=O) groups excluding carboxylic acids is 1. The molecule has 5 nitrogen and oxygen atoms in total. The number of nitrogens with zero attached hydrogens (tertiary/aromatic N) is 1. The Hall–Kier alpha value is -1.26. The molecule has 1 atom stereocenters. The number of carboxylic acid groups (broad SMARTS) is 1. The Morgan fingerprint density at radius 1 is 1.47 bits per heavy atom. The molecule has 0 aromatic rings. The fraction of sp³-hybridized carbons (Fsp3) is 0.833. The molecule has 0 radical (unpaired) electrons. The average Bonchev–Trinajstić information content (AvgIpc) is 2.29. The second-order valence-electron chi connectivity index (χ2n) is 5.01. The van der Waals surface area contributed by atoms with E-state index in [4.69, 9.17) is 4.74 Å². The van der Waals surface area contributed by atoms with Gasteiger partial charge in [-0.05, 0) is 39.5 Å². The van der Waals surface area contributed by atoms with Crippen LogP contribution in [-0.4, -0.2) is 41.8 Å². The van der Waals surface area contributed by atoms with E-state index >= 15 is 0 Å². The standard InChI is InChI=1S/C12H21NO4/c1-4-17-11(16)13-7-5-6-9(8-13)12(2,3)10(14)15/h9H,4-8H2,1-3H3,(H,14,15). The monoisotopic (exact) mass is 243 g/mol. The van der Waals surface area contributed by atoms with Crippen LogP contribution in [0.25, 0.3) is 0 Å². The van der Waals surface area contributed by atoms with Crippen molar-refractivity contribution >= 4 is 12.1 Å². The van der Waals surface area contributed by atoms with E-state index in [-0.39, 0.29) is 12.0 Å². The van der Waals surface area contributed by atoms with E-state index in [0.717, 1.165) is 12.8 Å². The molecule has 98 valence electrons. The maximum Gasteiger partial charge on any atom is 0.409 e. The van der Waals surface area contributed by atoms with Gasteiger partial charge in [-0.1, -0.05) is 0 Å². The molecule has 0 saturated carbocycles. The highest BCUT2D eigenvalue weighted by Crippen LogP contribution is 2.34. The van der Waals surface area contributed by atoms with Crippen LogP contribution in [0.2, 0.25) is 0 Å². The number of likely N-dealkylation sites (tertiary alicyclic amines) is 1. The summed E-state index contributed by atoms with van der Waals surface area (Å²) in [5.41, 5.74) is -0.800. The fourth-order valence-electron chi connectivity index (χ4n) is 2.12. The van der Waals surface area contributed by atoms with Crippen molar-refractivity contribution in [2.45, 2.75) is 33.6 Å². The van der Waals surface area contributed by atoms with Gasteiger partial charge in [0.15, 0.2) is 0 Å². The van der Waals surface area contributed by atoms with Gasteiger partial charge in [0, 0.05) is 13.1 Å². The molecule has 1 rings (SSSR count). The van der Waals surface area contributed by atoms with Crippen LogP contribution in [0.1, 0.15) is 33.6 Å². The SMILES string of the molecule is CCOC(=O)N1CCCC(C(C)(C)C(=O)O)C1. The zero-order valence-corrected chi connectivity index (χ0v) is 10.7. The summed E-state index contributed by atoms with van der Waals surface area (Å²) in [5.74, 6) is -0.827. The summed E-state index contributed by atoms with van der Waals surface area (Å²) in [6, 6.07) is 0. The number of hydrogen-bond donors (Lipinski definition) is 1. The Morgan fingerprint density at radius 2 is 2.12 bits per heavy atom. The van der Waals surface area contributed by atoms with Crippen molar-refractivity contribution in [1.29, 1.82) is 0 Å². The number of rotatable bonds is 3. The normalized spacial score (nSPS) is 21.1. The minimum Gasteiger partial charge on any atom is -0.481 e. The lowest BCUT2D eigenvalue weighted by atomic mass is 9.75. The molecule has 1 heterocycles. The van der Waals surface area contributed by atoms with Gasteiger partial charge in [-0.25, -0.2) is 4.79 Å². The molecule has 0 aromatic heterocycles. The Labute approximate surface area is 102 Å². The first kappa shape index (κ1) is 13.8. The van der Waals surface area contributed by atoms with Crippen LogP contribution in [0.3, 0.4) is 0 Å². The Bertz CT molecular complexity index is 301. The van der Waals surface area contributed by atoms with Crippen LogP contribution in [-0.2, 0) is 9.53 Å². The second kappa shape index (κ2) is 5.38. The van der Waals surface area contributed by atoms with Crippen molar-refractivity contribution in [3.8, 4) is 0 Å². The largest absolute Gasteiger partial charge is 0.481 e. The second-order valence-corrected chi connectivity index (χ2v) is 5.01. The zero-order chi connectivity index (χ0) is 13.1. The molecule has 17 heavy (non-hydrogen) atoms. The van der Waals surface area contributed by atoms with Crippen LogP contribution in [0.15, 0.2) is 0 Å². The molecule has 1 aliphatic heterocycles. The van der Waals surface area contributed by atoms with Crippen LogP contribution in [0.5, 0.6) is 0 Å². The van der Waals surface area contributed by atoms with E-state index < -0.39 is 11.4 Å². The summed E-state index contributed by atoms with van der Waals surface area (Å²) in [4.78, 5) is 24.4. The van der Waals surface area contributed by atoms with Gasteiger partial charge in [-0.2, -0.15) is 0 Å². The van der Waals surface area contributed by atoms with Crippen molar-refractivity contribution in [3.63, 3.8) is 0 Å². The van der Waals surface area contributed by atoms with Crippen LogP contribution < -0.4 is 0 Å². The molecule has 1 unspecified atom stereocenters. The van der Waals surface area contributed by atoms with Gasteiger partial charge >= 0.3 is 12.1 Å². The van der Waals surface area contributed by atoms with E-state index in [1.807, 2.05) is 0 Å². The van der Waals surface area contributed by atoms with Gasteiger partial charge in [0.2, 0.25) is 0 Å². The van der Waals surface area contributed by atoms with Crippen molar-refractivity contribution in [3.05, 3.63) is 0 Å². The number of aliphatic carboxylic acids is 1. The number of piperidine rings is 1. The third-order valence-corrected chi connectivity index (χ3v) is 3.52. The Balaban J connectivity index is 2.66. The third-order valence-electron chi connectivity index (χ3n) is 3.52. The molecule has 0 aromatic carbocycles. The highest BCUT2D eigenvalue weighted by molar-refractivity contribution is 5.74. The fourth-order valence-corrected chi connectivity index (χ4v) is 2.12. The number of carboxylic acids is 1. The molecule has 0 spiro atoms. The van der Waals surface area contributed by atoms with Gasteiger partial charge in [0.1, 0.15) is 0 Å². The maximum absolute atomic E-state index is 11.6. The average molecular weight is 243 g/mol. The first-order valence-corrected chi connectivity index (χ1v) is 6.04. The summed E-state index contributed by atoms with van der Waals surface area (Å²) in [6.07, 6.45) is 1.34. The van der Waals surface area contributed by atoms with E-state index in [0.29, 0.717) is 19.7 Å². The summed E-state index contributed by atoms with van der Waals surface area (Å²) in [6.45, 7) is 6.68. The van der Waals surface area contributed by atoms with Gasteiger partial charge in [0.25, 0.3) is 0 Å². The van der Waals surface area contributed by atoms with Crippen molar-refractivity contribution < 1.29 is 19.4 Å². The lowest BCUT2D eigenvalue weighted by Gasteiger charge is -2.38. The minimum absolute atomic E-state index is 0.0156. The summed E-state index contributed by atoms with van der Waals surface area (Å²) in [7, 11) is 0. The number of carbonyl (C=O) groups is 2. The Morgan fingerprint density at radius 3 is 2.65 bits per heavy atom. The van der Waals surface area contributed by atoms with E-state index in [1.54, 1.807) is 25.7 Å². The maximum atomic E-state index is 11.6. The van der Waals surface area contributed by atoms with Gasteiger partial charge < -0.3 is 14.7 Å². The molecular formula is C12H21NO4. The zero-order valence-electron chi connectivity index (χ0n) is 10.7. The minimum atomic E-state index is -0.812. The van der Waals surface area contributed by atoms with Crippen molar-refractivity contribution in [1.82, 2.24) is 4.90 Å². The number of hydrogen-bond acceptors (Lipinski definition) is 3. The smallest absolute Gasteiger partial charge is 0.409 e. The highest BCUT2D eigenvalue weighted by atomic mass is 16.6. The molecule has 5 heteroatoms. The molecule has 0 aliphatic carbocycles. The quantitative estimate of drug-likeness (QED) is 0.822. The molecule has 1 amide bonds. The lowest BCUT2D eigenvalue weighted by molar-refractivity contribution is -0.151. The number of amides is 1. The van der Waals surface area contributed by atoms with Crippen LogP contribution in [0, 0.1) is 11.3 Å². The van der Waals surface area contributed by atoms with Gasteiger partial charge in [0.05, 0.1) is 12.0 Å². The lowest BCUT2D eigenvalue weighted by Crippen LogP contribution is -2.47. The van der Waals surface area contributed by atoms with Crippen LogP contribution in [0.4, 0.5) is 4.79 Å².